The minimum Gasteiger partial charge on any atom is -0.508 e. The average molecular weight is 556 g/mol. The number of aliphatic hydroxyl groups excluding tert-OH is 2. The lowest BCUT2D eigenvalue weighted by Crippen LogP contribution is -2.65. The normalized spacial score (nSPS) is 26.6. The molecule has 0 unspecified atom stereocenters. The molecule has 1 amide bonds. The van der Waals surface area contributed by atoms with Crippen LogP contribution in [0.1, 0.15) is 62.8 Å². The Balaban J connectivity index is 1.90. The molecule has 1 saturated carbocycles. The molecule has 10 heteroatoms. The summed E-state index contributed by atoms with van der Waals surface area (Å²) < 4.78 is 0. The number of rotatable bonds is 7. The maximum absolute atomic E-state index is 14.0. The SMILES string of the molecule is CCCc1cc(CNCC(C)(C)C)c(O)c2c1C[C@@H]1C[C@@H]3[C@@H](N(C)C)C(=O)C(C(N)=O)=C(O)[C@]3(O)C(=O)C1=C2O. The molecular weight excluding hydrogens is 514 g/mol. The fourth-order valence-electron chi connectivity index (χ4n) is 6.65. The number of carbonyl (C=O) groups excluding carboxylic acids is 3. The molecule has 1 fully saturated rings. The van der Waals surface area contributed by atoms with E-state index in [-0.39, 0.29) is 28.7 Å². The predicted molar refractivity (Wildman–Crippen MR) is 149 cm³/mol. The summed E-state index contributed by atoms with van der Waals surface area (Å²) in [6.45, 7) is 9.33. The van der Waals surface area contributed by atoms with Crippen LogP contribution in [0.15, 0.2) is 23.0 Å². The van der Waals surface area contributed by atoms with Crippen LogP contribution in [-0.4, -0.2) is 75.1 Å². The number of likely N-dealkylation sites (N-methyl/N-ethyl adjacent to an activating group) is 1. The van der Waals surface area contributed by atoms with Crippen LogP contribution >= 0.6 is 0 Å². The second kappa shape index (κ2) is 10.3. The first-order valence-corrected chi connectivity index (χ1v) is 13.8. The number of nitrogens with two attached hydrogens (primary N) is 1. The van der Waals surface area contributed by atoms with Gasteiger partial charge in [0.1, 0.15) is 22.8 Å². The number of Topliss-reactive ketones (excluding diaryl/α,β-unsaturated/α-hetero) is 2. The largest absolute Gasteiger partial charge is 0.508 e. The zero-order chi connectivity index (χ0) is 29.9. The molecular formula is C30H41N3O7. The van der Waals surface area contributed by atoms with Crippen molar-refractivity contribution in [3.63, 3.8) is 0 Å². The number of hydrogen-bond acceptors (Lipinski definition) is 9. The number of primary amides is 1. The van der Waals surface area contributed by atoms with E-state index in [0.717, 1.165) is 17.5 Å². The van der Waals surface area contributed by atoms with Gasteiger partial charge in [0, 0.05) is 30.1 Å². The van der Waals surface area contributed by atoms with Gasteiger partial charge >= 0.3 is 0 Å². The zero-order valence-corrected chi connectivity index (χ0v) is 24.1. The molecule has 0 heterocycles. The molecule has 0 aliphatic heterocycles. The minimum absolute atomic E-state index is 0.0129. The van der Waals surface area contributed by atoms with Crippen LogP contribution in [0, 0.1) is 17.3 Å². The van der Waals surface area contributed by atoms with Crippen LogP contribution in [-0.2, 0) is 33.8 Å². The van der Waals surface area contributed by atoms with Crippen molar-refractivity contribution >= 4 is 23.2 Å². The Hall–Kier alpha value is -3.21. The van der Waals surface area contributed by atoms with E-state index < -0.39 is 58.0 Å². The van der Waals surface area contributed by atoms with Gasteiger partial charge in [0.2, 0.25) is 5.78 Å². The number of hydrogen-bond donors (Lipinski definition) is 6. The van der Waals surface area contributed by atoms with Crippen LogP contribution < -0.4 is 11.1 Å². The van der Waals surface area contributed by atoms with Crippen LogP contribution in [0.4, 0.5) is 0 Å². The molecule has 40 heavy (non-hydrogen) atoms. The van der Waals surface area contributed by atoms with Gasteiger partial charge in [-0.05, 0) is 55.8 Å². The number of fused-ring (bicyclic) bond motifs is 3. The highest BCUT2D eigenvalue weighted by atomic mass is 16.3. The van der Waals surface area contributed by atoms with Crippen LogP contribution in [0.3, 0.4) is 0 Å². The highest BCUT2D eigenvalue weighted by molar-refractivity contribution is 6.24. The van der Waals surface area contributed by atoms with Gasteiger partial charge in [-0.2, -0.15) is 0 Å². The van der Waals surface area contributed by atoms with E-state index in [1.54, 1.807) is 14.1 Å². The fourth-order valence-corrected chi connectivity index (χ4v) is 6.65. The van der Waals surface area contributed by atoms with Crippen molar-refractivity contribution in [3.8, 4) is 5.75 Å². The molecule has 1 aromatic carbocycles. The van der Waals surface area contributed by atoms with Crippen molar-refractivity contribution in [1.82, 2.24) is 10.2 Å². The number of nitrogens with one attached hydrogen (secondary N) is 1. The van der Waals surface area contributed by atoms with Gasteiger partial charge in [0.25, 0.3) is 5.91 Å². The summed E-state index contributed by atoms with van der Waals surface area (Å²) in [5.74, 6) is -6.37. The Labute approximate surface area is 234 Å². The van der Waals surface area contributed by atoms with Crippen molar-refractivity contribution < 1.29 is 34.8 Å². The zero-order valence-electron chi connectivity index (χ0n) is 24.1. The lowest BCUT2D eigenvalue weighted by atomic mass is 9.57. The number of benzene rings is 1. The molecule has 0 radical (unpaired) electrons. The summed E-state index contributed by atoms with van der Waals surface area (Å²) in [5.41, 5.74) is 4.21. The summed E-state index contributed by atoms with van der Waals surface area (Å²) in [4.78, 5) is 40.9. The lowest BCUT2D eigenvalue weighted by Gasteiger charge is -2.50. The van der Waals surface area contributed by atoms with E-state index in [1.807, 2.05) is 13.0 Å². The van der Waals surface area contributed by atoms with Gasteiger partial charge in [0.05, 0.1) is 11.6 Å². The van der Waals surface area contributed by atoms with Crippen LogP contribution in [0.2, 0.25) is 0 Å². The highest BCUT2D eigenvalue weighted by Crippen LogP contribution is 2.53. The standard InChI is InChI=1S/C30H41N3O7/c1-7-8-14-9-16(12-32-13-29(2,3)4)23(34)20-17(14)10-15-11-18-22(33(5)6)25(36)21(28(31)39)27(38)30(18,40)26(37)19(15)24(20)35/h9,15,18,22,32,34-35,38,40H,7-8,10-13H2,1-6H3,(H2,31,39)/t15-,18-,22-,30-/m1/s1. The minimum atomic E-state index is -2.64. The van der Waals surface area contributed by atoms with Gasteiger partial charge in [0.15, 0.2) is 11.4 Å². The van der Waals surface area contributed by atoms with Gasteiger partial charge in [-0.15, -0.1) is 0 Å². The first kappa shape index (κ1) is 29.8. The molecule has 4 atom stereocenters. The molecule has 1 aromatic rings. The average Bonchev–Trinajstić information content (AvgIpc) is 2.83. The second-order valence-electron chi connectivity index (χ2n) is 12.8. The molecule has 10 nitrogen and oxygen atoms in total. The van der Waals surface area contributed by atoms with Gasteiger partial charge in [-0.3, -0.25) is 19.3 Å². The van der Waals surface area contributed by atoms with E-state index >= 15 is 0 Å². The Bertz CT molecular complexity index is 1340. The highest BCUT2D eigenvalue weighted by Gasteiger charge is 2.64. The molecule has 0 bridgehead atoms. The number of ketones is 2. The number of nitrogens with zero attached hydrogens (tertiary/aromatic N) is 1. The molecule has 7 N–H and O–H groups in total. The monoisotopic (exact) mass is 555 g/mol. The van der Waals surface area contributed by atoms with E-state index in [0.29, 0.717) is 31.5 Å². The van der Waals surface area contributed by atoms with E-state index in [1.165, 1.54) is 4.90 Å². The molecule has 218 valence electrons. The van der Waals surface area contributed by atoms with Gasteiger partial charge in [-0.25, -0.2) is 0 Å². The third kappa shape index (κ3) is 4.61. The molecule has 0 saturated heterocycles. The number of phenols is 1. The predicted octanol–water partition coefficient (Wildman–Crippen LogP) is 2.05. The number of phenolic OH excluding ortho intramolecular Hbond substituents is 1. The molecule has 0 spiro atoms. The Morgan fingerprint density at radius 2 is 1.82 bits per heavy atom. The Kier molecular flexibility index (Phi) is 7.68. The van der Waals surface area contributed by atoms with Crippen molar-refractivity contribution in [1.29, 1.82) is 0 Å². The molecule has 3 aliphatic rings. The third-order valence-electron chi connectivity index (χ3n) is 8.38. The smallest absolute Gasteiger partial charge is 0.255 e. The summed E-state index contributed by atoms with van der Waals surface area (Å²) in [6, 6.07) is 0.838. The summed E-state index contributed by atoms with van der Waals surface area (Å²) in [6.07, 6.45) is 1.89. The van der Waals surface area contributed by atoms with Crippen molar-refractivity contribution in [3.05, 3.63) is 45.2 Å². The fraction of sp³-hybridized carbons (Fsp3) is 0.567. The number of amides is 1. The number of aryl methyl sites for hydroxylation is 1. The summed E-state index contributed by atoms with van der Waals surface area (Å²) in [7, 11) is 3.17. The molecule has 0 aromatic heterocycles. The maximum atomic E-state index is 14.0. The summed E-state index contributed by atoms with van der Waals surface area (Å²) in [5, 5.41) is 49.0. The first-order valence-electron chi connectivity index (χ1n) is 13.8. The van der Waals surface area contributed by atoms with Crippen LogP contribution in [0.5, 0.6) is 5.75 Å². The van der Waals surface area contributed by atoms with Crippen molar-refractivity contribution in [2.75, 3.05) is 20.6 Å². The first-order chi connectivity index (χ1) is 18.6. The van der Waals surface area contributed by atoms with Gasteiger partial charge < -0.3 is 31.5 Å². The number of aromatic hydroxyl groups is 1. The molecule has 4 rings (SSSR count). The van der Waals surface area contributed by atoms with E-state index in [2.05, 4.69) is 26.1 Å². The molecule has 3 aliphatic carbocycles. The van der Waals surface area contributed by atoms with E-state index in [4.69, 9.17) is 5.73 Å². The van der Waals surface area contributed by atoms with Crippen LogP contribution in [0.25, 0.3) is 5.76 Å². The Morgan fingerprint density at radius 3 is 2.38 bits per heavy atom. The third-order valence-corrected chi connectivity index (χ3v) is 8.38. The number of aliphatic hydroxyl groups is 3. The maximum Gasteiger partial charge on any atom is 0.255 e. The second-order valence-corrected chi connectivity index (χ2v) is 12.8. The number of carbonyl (C=O) groups is 3. The van der Waals surface area contributed by atoms with Crippen molar-refractivity contribution in [2.24, 2.45) is 23.0 Å². The Morgan fingerprint density at radius 1 is 1.18 bits per heavy atom. The summed E-state index contributed by atoms with van der Waals surface area (Å²) >= 11 is 0. The quantitative estimate of drug-likeness (QED) is 0.275. The van der Waals surface area contributed by atoms with E-state index in [9.17, 15) is 34.8 Å². The topological polar surface area (TPSA) is 173 Å². The van der Waals surface area contributed by atoms with Gasteiger partial charge in [-0.1, -0.05) is 40.2 Å². The van der Waals surface area contributed by atoms with Crippen molar-refractivity contribution in [2.45, 2.75) is 71.6 Å². The lowest BCUT2D eigenvalue weighted by molar-refractivity contribution is -0.153.